The summed E-state index contributed by atoms with van der Waals surface area (Å²) in [6.45, 7) is 2.51. The Morgan fingerprint density at radius 3 is 2.71 bits per heavy atom. The van der Waals surface area contributed by atoms with E-state index in [4.69, 9.17) is 0 Å². The Morgan fingerprint density at radius 2 is 2.18 bits per heavy atom. The molecule has 92 valence electrons. The third-order valence-electron chi connectivity index (χ3n) is 3.03. The number of carbonyl (C=O) groups excluding carboxylic acids is 1. The minimum absolute atomic E-state index is 0.247. The Hall–Kier alpha value is -0.940. The van der Waals surface area contributed by atoms with Gasteiger partial charge < -0.3 is 10.0 Å². The molecule has 1 saturated heterocycles. The van der Waals surface area contributed by atoms with Crippen molar-refractivity contribution in [1.29, 1.82) is 0 Å². The molecule has 0 unspecified atom stereocenters. The number of hydrogen-bond donors (Lipinski definition) is 1. The number of halogens is 2. The van der Waals surface area contributed by atoms with Crippen LogP contribution in [-0.2, 0) is 0 Å². The number of nitrogens with zero attached hydrogens (tertiary/aromatic N) is 1. The molecule has 1 aromatic carbocycles. The van der Waals surface area contributed by atoms with E-state index in [1.165, 1.54) is 17.0 Å². The Bertz CT molecular complexity index is 438. The lowest BCUT2D eigenvalue weighted by Gasteiger charge is -2.46. The molecular weight excluding hydrogens is 289 g/mol. The Kier molecular flexibility index (Phi) is 3.23. The van der Waals surface area contributed by atoms with Crippen molar-refractivity contribution < 1.29 is 14.3 Å². The van der Waals surface area contributed by atoms with Crippen molar-refractivity contribution in [3.05, 3.63) is 34.1 Å². The molecular formula is C12H13BrFNO2. The zero-order chi connectivity index (χ0) is 12.6. The first kappa shape index (κ1) is 12.5. The predicted molar refractivity (Wildman–Crippen MR) is 65.2 cm³/mol. The van der Waals surface area contributed by atoms with Gasteiger partial charge in [-0.2, -0.15) is 0 Å². The lowest BCUT2D eigenvalue weighted by atomic mass is 9.90. The van der Waals surface area contributed by atoms with Gasteiger partial charge in [0.2, 0.25) is 0 Å². The highest BCUT2D eigenvalue weighted by atomic mass is 79.9. The van der Waals surface area contributed by atoms with Crippen LogP contribution in [0.5, 0.6) is 0 Å². The molecule has 0 atom stereocenters. The molecule has 0 saturated carbocycles. The molecule has 0 aromatic heterocycles. The summed E-state index contributed by atoms with van der Waals surface area (Å²) in [5, 5.41) is 9.82. The van der Waals surface area contributed by atoms with Crippen molar-refractivity contribution in [3.63, 3.8) is 0 Å². The van der Waals surface area contributed by atoms with Crippen molar-refractivity contribution in [2.45, 2.75) is 18.9 Å². The molecule has 1 aliphatic heterocycles. The van der Waals surface area contributed by atoms with Gasteiger partial charge in [-0.1, -0.05) is 22.9 Å². The van der Waals surface area contributed by atoms with Crippen LogP contribution in [0.25, 0.3) is 0 Å². The van der Waals surface area contributed by atoms with E-state index in [0.717, 1.165) is 0 Å². The topological polar surface area (TPSA) is 40.5 Å². The number of carbonyl (C=O) groups is 1. The fourth-order valence-corrected chi connectivity index (χ4v) is 2.36. The standard InChI is InChI=1S/C12H13BrFNO2/c1-2-12(17)6-15(7-12)11(16)8-3-9(13)5-10(14)4-8/h3-5,17H,2,6-7H2,1H3. The first-order valence-corrected chi connectivity index (χ1v) is 6.20. The largest absolute Gasteiger partial charge is 0.386 e. The molecule has 1 amide bonds. The summed E-state index contributed by atoms with van der Waals surface area (Å²) in [6.07, 6.45) is 0.615. The van der Waals surface area contributed by atoms with Crippen LogP contribution in [0.4, 0.5) is 4.39 Å². The third-order valence-corrected chi connectivity index (χ3v) is 3.48. The van der Waals surface area contributed by atoms with E-state index in [1.807, 2.05) is 6.92 Å². The number of benzene rings is 1. The number of aliphatic hydroxyl groups is 1. The Labute approximate surface area is 107 Å². The quantitative estimate of drug-likeness (QED) is 0.910. The van der Waals surface area contributed by atoms with Gasteiger partial charge in [0.05, 0.1) is 18.7 Å². The molecule has 1 aromatic rings. The van der Waals surface area contributed by atoms with Crippen molar-refractivity contribution >= 4 is 21.8 Å². The molecule has 5 heteroatoms. The minimum atomic E-state index is -0.764. The molecule has 1 fully saturated rings. The molecule has 3 nitrogen and oxygen atoms in total. The third kappa shape index (κ3) is 2.50. The lowest BCUT2D eigenvalue weighted by Crippen LogP contribution is -2.63. The second-order valence-corrected chi connectivity index (χ2v) is 5.31. The zero-order valence-corrected chi connectivity index (χ0v) is 11.0. The molecule has 0 spiro atoms. The van der Waals surface area contributed by atoms with Crippen LogP contribution in [0.15, 0.2) is 22.7 Å². The van der Waals surface area contributed by atoms with Crippen LogP contribution < -0.4 is 0 Å². The maximum absolute atomic E-state index is 13.1. The van der Waals surface area contributed by atoms with E-state index in [1.54, 1.807) is 6.07 Å². The zero-order valence-electron chi connectivity index (χ0n) is 9.41. The van der Waals surface area contributed by atoms with Crippen molar-refractivity contribution in [3.8, 4) is 0 Å². The van der Waals surface area contributed by atoms with Gasteiger partial charge in [0.25, 0.3) is 5.91 Å². The van der Waals surface area contributed by atoms with Gasteiger partial charge in [0.1, 0.15) is 5.82 Å². The van der Waals surface area contributed by atoms with E-state index >= 15 is 0 Å². The highest BCUT2D eigenvalue weighted by Crippen LogP contribution is 2.26. The van der Waals surface area contributed by atoms with Gasteiger partial charge in [0.15, 0.2) is 0 Å². The van der Waals surface area contributed by atoms with Crippen LogP contribution in [-0.4, -0.2) is 34.6 Å². The van der Waals surface area contributed by atoms with Crippen LogP contribution in [0.2, 0.25) is 0 Å². The lowest BCUT2D eigenvalue weighted by molar-refractivity contribution is -0.0826. The van der Waals surface area contributed by atoms with Crippen LogP contribution in [0.1, 0.15) is 23.7 Å². The number of likely N-dealkylation sites (tertiary alicyclic amines) is 1. The van der Waals surface area contributed by atoms with Gasteiger partial charge in [-0.25, -0.2) is 4.39 Å². The van der Waals surface area contributed by atoms with Gasteiger partial charge in [0, 0.05) is 10.0 Å². The summed E-state index contributed by atoms with van der Waals surface area (Å²) < 4.78 is 13.7. The first-order valence-electron chi connectivity index (χ1n) is 5.41. The fraction of sp³-hybridized carbons (Fsp3) is 0.417. The maximum atomic E-state index is 13.1. The molecule has 1 aliphatic rings. The molecule has 0 aliphatic carbocycles. The number of β-amino-alcohol motifs (C(OH)–C–C–N with tert-alkyl or cyclic N) is 1. The molecule has 17 heavy (non-hydrogen) atoms. The molecule has 2 rings (SSSR count). The summed E-state index contributed by atoms with van der Waals surface area (Å²) in [5.74, 6) is -0.697. The minimum Gasteiger partial charge on any atom is -0.386 e. The second-order valence-electron chi connectivity index (χ2n) is 4.40. The van der Waals surface area contributed by atoms with Gasteiger partial charge >= 0.3 is 0 Å². The summed E-state index contributed by atoms with van der Waals surface area (Å²) in [5.41, 5.74) is -0.463. The molecule has 1 heterocycles. The normalized spacial score (nSPS) is 17.8. The summed E-state index contributed by atoms with van der Waals surface area (Å²) in [7, 11) is 0. The first-order chi connectivity index (χ1) is 7.93. The highest BCUT2D eigenvalue weighted by molar-refractivity contribution is 9.10. The monoisotopic (exact) mass is 301 g/mol. The summed E-state index contributed by atoms with van der Waals surface area (Å²) in [4.78, 5) is 13.5. The smallest absolute Gasteiger partial charge is 0.254 e. The van der Waals surface area contributed by atoms with E-state index in [0.29, 0.717) is 29.5 Å². The SMILES string of the molecule is CCC1(O)CN(C(=O)c2cc(F)cc(Br)c2)C1. The van der Waals surface area contributed by atoms with Gasteiger partial charge in [-0.3, -0.25) is 4.79 Å². The van der Waals surface area contributed by atoms with Crippen LogP contribution >= 0.6 is 15.9 Å². The van der Waals surface area contributed by atoms with Crippen LogP contribution in [0, 0.1) is 5.82 Å². The van der Waals surface area contributed by atoms with E-state index < -0.39 is 11.4 Å². The fourth-order valence-electron chi connectivity index (χ4n) is 1.89. The Balaban J connectivity index is 2.11. The van der Waals surface area contributed by atoms with Crippen molar-refractivity contribution in [1.82, 2.24) is 4.90 Å². The number of amides is 1. The maximum Gasteiger partial charge on any atom is 0.254 e. The van der Waals surface area contributed by atoms with Gasteiger partial charge in [-0.15, -0.1) is 0 Å². The molecule has 0 radical (unpaired) electrons. The average molecular weight is 302 g/mol. The molecule has 0 bridgehead atoms. The summed E-state index contributed by atoms with van der Waals surface area (Å²) >= 11 is 3.15. The van der Waals surface area contributed by atoms with E-state index in [9.17, 15) is 14.3 Å². The summed E-state index contributed by atoms with van der Waals surface area (Å²) in [6, 6.07) is 4.08. The molecule has 1 N–H and O–H groups in total. The highest BCUT2D eigenvalue weighted by Gasteiger charge is 2.42. The number of hydrogen-bond acceptors (Lipinski definition) is 2. The Morgan fingerprint density at radius 1 is 1.53 bits per heavy atom. The van der Waals surface area contributed by atoms with Gasteiger partial charge in [-0.05, 0) is 24.6 Å². The number of rotatable bonds is 2. The predicted octanol–water partition coefficient (Wildman–Crippen LogP) is 2.19. The van der Waals surface area contributed by atoms with Crippen molar-refractivity contribution in [2.75, 3.05) is 13.1 Å². The van der Waals surface area contributed by atoms with E-state index in [2.05, 4.69) is 15.9 Å². The van der Waals surface area contributed by atoms with Crippen molar-refractivity contribution in [2.24, 2.45) is 0 Å². The van der Waals surface area contributed by atoms with Crippen LogP contribution in [0.3, 0.4) is 0 Å². The second kappa shape index (κ2) is 4.38. The van der Waals surface area contributed by atoms with E-state index in [-0.39, 0.29) is 5.91 Å². The average Bonchev–Trinajstić information content (AvgIpc) is 2.22.